The summed E-state index contributed by atoms with van der Waals surface area (Å²) in [6.07, 6.45) is 0. The van der Waals surface area contributed by atoms with Crippen molar-refractivity contribution in [3.8, 4) is 0 Å². The molecule has 0 heterocycles. The van der Waals surface area contributed by atoms with Crippen molar-refractivity contribution in [2.75, 3.05) is 0 Å². The lowest BCUT2D eigenvalue weighted by molar-refractivity contribution is 1.39. The highest BCUT2D eigenvalue weighted by Gasteiger charge is 1.91. The van der Waals surface area contributed by atoms with Crippen molar-refractivity contribution in [1.82, 2.24) is 0 Å². The zero-order valence-electron chi connectivity index (χ0n) is 4.84. The van der Waals surface area contributed by atoms with Gasteiger partial charge in [-0.3, -0.25) is 0 Å². The Balaban J connectivity index is 3.01. The summed E-state index contributed by atoms with van der Waals surface area (Å²) in [6, 6.07) is 8.25. The molecule has 0 aromatic heterocycles. The first-order valence-electron chi connectivity index (χ1n) is 2.69. The molecule has 0 saturated carbocycles. The number of rotatable bonds is 1. The minimum Gasteiger partial charge on any atom is -0.175 e. The van der Waals surface area contributed by atoms with Crippen LogP contribution in [0.4, 0.5) is 0 Å². The molecule has 0 aliphatic carbocycles. The third-order valence-corrected chi connectivity index (χ3v) is 2.52. The first-order valence-corrected chi connectivity index (χ1v) is 4.40. The third kappa shape index (κ3) is 1.86. The summed E-state index contributed by atoms with van der Waals surface area (Å²) in [5, 5.41) is 0. The molecule has 1 aromatic rings. The van der Waals surface area contributed by atoms with E-state index in [4.69, 9.17) is 0 Å². The quantitative estimate of drug-likeness (QED) is 0.575. The predicted octanol–water partition coefficient (Wildman–Crippen LogP) is 2.72. The number of halogens is 1. The molecule has 1 aromatic carbocycles. The summed E-state index contributed by atoms with van der Waals surface area (Å²) in [6.45, 7) is 0. The van der Waals surface area contributed by atoms with Gasteiger partial charge in [-0.1, -0.05) is 18.2 Å². The smallest absolute Gasteiger partial charge is 0.0170 e. The number of hydrogen-bond acceptors (Lipinski definition) is 1. The fourth-order valence-corrected chi connectivity index (χ4v) is 1.78. The highest BCUT2D eigenvalue weighted by atomic mass is 127. The second-order valence-electron chi connectivity index (χ2n) is 1.75. The van der Waals surface area contributed by atoms with E-state index in [9.17, 15) is 0 Å². The SMILES string of the molecule is SCc1ccccc1I. The molecule has 9 heavy (non-hydrogen) atoms. The second kappa shape index (κ2) is 3.46. The van der Waals surface area contributed by atoms with Gasteiger partial charge in [0.15, 0.2) is 0 Å². The Morgan fingerprint density at radius 1 is 1.33 bits per heavy atom. The van der Waals surface area contributed by atoms with Gasteiger partial charge in [0.1, 0.15) is 0 Å². The third-order valence-electron chi connectivity index (χ3n) is 1.13. The number of thiol groups is 1. The highest BCUT2D eigenvalue weighted by molar-refractivity contribution is 14.1. The summed E-state index contributed by atoms with van der Waals surface area (Å²) in [5.74, 6) is 0.832. The predicted molar refractivity (Wildman–Crippen MR) is 51.8 cm³/mol. The van der Waals surface area contributed by atoms with E-state index in [0.29, 0.717) is 0 Å². The number of benzene rings is 1. The van der Waals surface area contributed by atoms with E-state index in [0.717, 1.165) is 5.75 Å². The van der Waals surface area contributed by atoms with Gasteiger partial charge in [0.25, 0.3) is 0 Å². The van der Waals surface area contributed by atoms with E-state index in [1.54, 1.807) is 0 Å². The Bertz CT molecular complexity index is 198. The molecule has 0 N–H and O–H groups in total. The lowest BCUT2D eigenvalue weighted by atomic mass is 10.2. The largest absolute Gasteiger partial charge is 0.175 e. The van der Waals surface area contributed by atoms with Gasteiger partial charge in [-0.15, -0.1) is 0 Å². The van der Waals surface area contributed by atoms with Crippen molar-refractivity contribution in [3.63, 3.8) is 0 Å². The molecule has 0 bridgehead atoms. The zero-order chi connectivity index (χ0) is 6.69. The van der Waals surface area contributed by atoms with Crippen molar-refractivity contribution < 1.29 is 0 Å². The highest BCUT2D eigenvalue weighted by Crippen LogP contribution is 2.12. The maximum atomic E-state index is 4.18. The molecule has 1 rings (SSSR count). The molecule has 48 valence electrons. The van der Waals surface area contributed by atoms with Gasteiger partial charge in [-0.25, -0.2) is 0 Å². The van der Waals surface area contributed by atoms with Crippen LogP contribution in [0.1, 0.15) is 5.56 Å². The van der Waals surface area contributed by atoms with Gasteiger partial charge in [-0.2, -0.15) is 12.6 Å². The average Bonchev–Trinajstić information content (AvgIpc) is 1.89. The molecule has 0 radical (unpaired) electrons. The molecule has 0 nitrogen and oxygen atoms in total. The molecule has 0 amide bonds. The van der Waals surface area contributed by atoms with Crippen molar-refractivity contribution in [3.05, 3.63) is 33.4 Å². The van der Waals surface area contributed by atoms with Crippen LogP contribution in [0.3, 0.4) is 0 Å². The summed E-state index contributed by atoms with van der Waals surface area (Å²) in [4.78, 5) is 0. The molecule has 0 saturated heterocycles. The summed E-state index contributed by atoms with van der Waals surface area (Å²) in [5.41, 5.74) is 1.31. The van der Waals surface area contributed by atoms with Crippen molar-refractivity contribution in [1.29, 1.82) is 0 Å². The van der Waals surface area contributed by atoms with Crippen LogP contribution in [0.2, 0.25) is 0 Å². The monoisotopic (exact) mass is 250 g/mol. The Labute approximate surface area is 74.2 Å². The first kappa shape index (κ1) is 7.41. The van der Waals surface area contributed by atoms with Crippen LogP contribution >= 0.6 is 35.2 Å². The number of hydrogen-bond donors (Lipinski definition) is 1. The van der Waals surface area contributed by atoms with Gasteiger partial charge < -0.3 is 0 Å². The molecule has 0 aliphatic heterocycles. The van der Waals surface area contributed by atoms with Gasteiger partial charge in [0.2, 0.25) is 0 Å². The molecule has 0 unspecified atom stereocenters. The topological polar surface area (TPSA) is 0 Å². The fraction of sp³-hybridized carbons (Fsp3) is 0.143. The average molecular weight is 250 g/mol. The van der Waals surface area contributed by atoms with E-state index >= 15 is 0 Å². The lowest BCUT2D eigenvalue weighted by Gasteiger charge is -1.96. The van der Waals surface area contributed by atoms with Crippen molar-refractivity contribution in [2.45, 2.75) is 5.75 Å². The second-order valence-corrected chi connectivity index (χ2v) is 3.23. The Morgan fingerprint density at radius 2 is 2.00 bits per heavy atom. The minimum atomic E-state index is 0.832. The lowest BCUT2D eigenvalue weighted by Crippen LogP contribution is -1.80. The standard InChI is InChI=1S/C7H7IS/c8-7-4-2-1-3-6(7)5-9/h1-4,9H,5H2. The van der Waals surface area contributed by atoms with Gasteiger partial charge in [0, 0.05) is 9.32 Å². The fourth-order valence-electron chi connectivity index (χ4n) is 0.627. The normalized spacial score (nSPS) is 9.56. The van der Waals surface area contributed by atoms with Crippen molar-refractivity contribution in [2.24, 2.45) is 0 Å². The van der Waals surface area contributed by atoms with Gasteiger partial charge in [-0.05, 0) is 34.2 Å². The molecular formula is C7H7IS. The van der Waals surface area contributed by atoms with E-state index in [1.165, 1.54) is 9.13 Å². The molecule has 2 heteroatoms. The first-order chi connectivity index (χ1) is 4.34. The molecule has 0 atom stereocenters. The van der Waals surface area contributed by atoms with E-state index < -0.39 is 0 Å². The van der Waals surface area contributed by atoms with Crippen LogP contribution in [-0.2, 0) is 5.75 Å². The van der Waals surface area contributed by atoms with Crippen LogP contribution in [-0.4, -0.2) is 0 Å². The van der Waals surface area contributed by atoms with E-state index in [1.807, 2.05) is 12.1 Å². The molecular weight excluding hydrogens is 243 g/mol. The summed E-state index contributed by atoms with van der Waals surface area (Å²) in [7, 11) is 0. The van der Waals surface area contributed by atoms with Crippen LogP contribution in [0.5, 0.6) is 0 Å². The van der Waals surface area contributed by atoms with Crippen molar-refractivity contribution >= 4 is 35.2 Å². The zero-order valence-corrected chi connectivity index (χ0v) is 7.89. The van der Waals surface area contributed by atoms with Gasteiger partial charge in [0.05, 0.1) is 0 Å². The Morgan fingerprint density at radius 3 is 2.44 bits per heavy atom. The van der Waals surface area contributed by atoms with Crippen LogP contribution in [0, 0.1) is 3.57 Å². The van der Waals surface area contributed by atoms with E-state index in [2.05, 4.69) is 47.4 Å². The van der Waals surface area contributed by atoms with Crippen LogP contribution < -0.4 is 0 Å². The maximum Gasteiger partial charge on any atom is 0.0170 e. The molecule has 0 fully saturated rings. The van der Waals surface area contributed by atoms with Crippen LogP contribution in [0.15, 0.2) is 24.3 Å². The summed E-state index contributed by atoms with van der Waals surface area (Å²) < 4.78 is 1.30. The maximum absolute atomic E-state index is 4.18. The Kier molecular flexibility index (Phi) is 2.85. The molecule has 0 aliphatic rings. The van der Waals surface area contributed by atoms with E-state index in [-0.39, 0.29) is 0 Å². The summed E-state index contributed by atoms with van der Waals surface area (Å²) >= 11 is 6.49. The molecule has 0 spiro atoms. The van der Waals surface area contributed by atoms with Crippen LogP contribution in [0.25, 0.3) is 0 Å². The minimum absolute atomic E-state index is 0.832. The Hall–Kier alpha value is 0.300. The van der Waals surface area contributed by atoms with Gasteiger partial charge >= 0.3 is 0 Å².